The van der Waals surface area contributed by atoms with Gasteiger partial charge < -0.3 is 4.90 Å². The maximum atomic E-state index is 13.0. The van der Waals surface area contributed by atoms with E-state index in [0.717, 1.165) is 48.0 Å². The van der Waals surface area contributed by atoms with Crippen molar-refractivity contribution in [2.45, 2.75) is 49.6 Å². The first-order valence-corrected chi connectivity index (χ1v) is 11.4. The molecule has 1 atom stereocenters. The number of nitrogens with zero attached hydrogens (tertiary/aromatic N) is 5. The number of likely N-dealkylation sites (tertiary alicyclic amines) is 1. The molecule has 2 aromatic heterocycles. The molecule has 0 radical (unpaired) electrons. The van der Waals surface area contributed by atoms with Crippen LogP contribution >= 0.6 is 11.8 Å². The van der Waals surface area contributed by atoms with Crippen LogP contribution in [0.15, 0.2) is 60.0 Å². The van der Waals surface area contributed by atoms with Gasteiger partial charge >= 0.3 is 0 Å². The van der Waals surface area contributed by atoms with Crippen molar-refractivity contribution in [3.05, 3.63) is 60.4 Å². The van der Waals surface area contributed by atoms with Gasteiger partial charge in [-0.15, -0.1) is 10.2 Å². The van der Waals surface area contributed by atoms with Gasteiger partial charge in [-0.05, 0) is 37.5 Å². The predicted octanol–water partition coefficient (Wildman–Crippen LogP) is 4.27. The number of carbonyl (C=O) groups excluding carboxylic acids is 1. The van der Waals surface area contributed by atoms with E-state index in [4.69, 9.17) is 0 Å². The lowest BCUT2D eigenvalue weighted by Crippen LogP contribution is -2.37. The summed E-state index contributed by atoms with van der Waals surface area (Å²) in [6.45, 7) is 4.34. The molecule has 1 aliphatic heterocycles. The Hall–Kier alpha value is -2.67. The first-order valence-electron chi connectivity index (χ1n) is 10.6. The minimum Gasteiger partial charge on any atom is -0.342 e. The summed E-state index contributed by atoms with van der Waals surface area (Å²) in [6, 6.07) is 14.1. The van der Waals surface area contributed by atoms with Crippen molar-refractivity contribution in [2.75, 3.05) is 13.1 Å². The first kappa shape index (κ1) is 20.6. The van der Waals surface area contributed by atoms with E-state index in [1.807, 2.05) is 42.2 Å². The molecule has 1 aliphatic rings. The number of benzene rings is 1. The van der Waals surface area contributed by atoms with Crippen molar-refractivity contribution in [1.82, 2.24) is 24.6 Å². The number of amides is 1. The number of thioether (sulfide) groups is 1. The fourth-order valence-electron chi connectivity index (χ4n) is 3.75. The number of pyridine rings is 1. The van der Waals surface area contributed by atoms with Gasteiger partial charge in [-0.2, -0.15) is 0 Å². The monoisotopic (exact) mass is 421 g/mol. The van der Waals surface area contributed by atoms with Crippen LogP contribution in [-0.2, 0) is 11.3 Å². The zero-order valence-electron chi connectivity index (χ0n) is 17.3. The smallest absolute Gasteiger partial charge is 0.235 e. The van der Waals surface area contributed by atoms with E-state index in [9.17, 15) is 4.79 Å². The minimum absolute atomic E-state index is 0.194. The van der Waals surface area contributed by atoms with E-state index >= 15 is 0 Å². The summed E-state index contributed by atoms with van der Waals surface area (Å²) >= 11 is 1.49. The fraction of sp³-hybridized carbons (Fsp3) is 0.391. The molecule has 3 heterocycles. The van der Waals surface area contributed by atoms with Crippen LogP contribution in [0.3, 0.4) is 0 Å². The SMILES string of the molecule is C[C@H](Sc1nnc(-c2cccnc2)n1Cc1ccccc1)C(=O)N1CCCCCC1. The van der Waals surface area contributed by atoms with Crippen LogP contribution in [-0.4, -0.2) is 48.9 Å². The van der Waals surface area contributed by atoms with Gasteiger partial charge in [0.1, 0.15) is 0 Å². The Labute approximate surface area is 181 Å². The highest BCUT2D eigenvalue weighted by atomic mass is 32.2. The largest absolute Gasteiger partial charge is 0.342 e. The average molecular weight is 422 g/mol. The zero-order chi connectivity index (χ0) is 20.8. The van der Waals surface area contributed by atoms with Crippen LogP contribution in [0.1, 0.15) is 38.2 Å². The molecule has 1 aromatic carbocycles. The molecule has 4 rings (SSSR count). The normalized spacial score (nSPS) is 15.6. The molecule has 0 saturated carbocycles. The number of carbonyl (C=O) groups is 1. The van der Waals surface area contributed by atoms with E-state index in [2.05, 4.69) is 31.9 Å². The number of hydrogen-bond donors (Lipinski definition) is 0. The van der Waals surface area contributed by atoms with E-state index in [1.54, 1.807) is 12.4 Å². The summed E-state index contributed by atoms with van der Waals surface area (Å²) in [5.74, 6) is 0.961. The Balaban J connectivity index is 1.59. The number of aromatic nitrogens is 4. The second kappa shape index (κ2) is 9.89. The Bertz CT molecular complexity index is 952. The van der Waals surface area contributed by atoms with Gasteiger partial charge in [-0.25, -0.2) is 0 Å². The maximum Gasteiger partial charge on any atom is 0.235 e. The minimum atomic E-state index is -0.205. The van der Waals surface area contributed by atoms with Gasteiger partial charge in [0.25, 0.3) is 0 Å². The van der Waals surface area contributed by atoms with Crippen LogP contribution in [0.25, 0.3) is 11.4 Å². The lowest BCUT2D eigenvalue weighted by Gasteiger charge is -2.23. The zero-order valence-corrected chi connectivity index (χ0v) is 18.1. The van der Waals surface area contributed by atoms with Crippen molar-refractivity contribution in [2.24, 2.45) is 0 Å². The van der Waals surface area contributed by atoms with Gasteiger partial charge in [0, 0.05) is 31.0 Å². The van der Waals surface area contributed by atoms with Crippen LogP contribution in [0.2, 0.25) is 0 Å². The van der Waals surface area contributed by atoms with E-state index < -0.39 is 0 Å². The number of rotatable bonds is 6. The summed E-state index contributed by atoms with van der Waals surface area (Å²) in [5.41, 5.74) is 2.08. The van der Waals surface area contributed by atoms with E-state index in [0.29, 0.717) is 6.54 Å². The molecule has 3 aromatic rings. The highest BCUT2D eigenvalue weighted by Gasteiger charge is 2.25. The lowest BCUT2D eigenvalue weighted by molar-refractivity contribution is -0.130. The quantitative estimate of drug-likeness (QED) is 0.556. The van der Waals surface area contributed by atoms with E-state index in [-0.39, 0.29) is 11.2 Å². The molecule has 0 spiro atoms. The molecule has 1 saturated heterocycles. The molecule has 1 amide bonds. The maximum absolute atomic E-state index is 13.0. The molecule has 6 nitrogen and oxygen atoms in total. The summed E-state index contributed by atoms with van der Waals surface area (Å²) in [4.78, 5) is 19.3. The molecule has 0 N–H and O–H groups in total. The topological polar surface area (TPSA) is 63.9 Å². The van der Waals surface area contributed by atoms with Crippen LogP contribution in [0, 0.1) is 0 Å². The van der Waals surface area contributed by atoms with Crippen molar-refractivity contribution >= 4 is 17.7 Å². The first-order chi connectivity index (χ1) is 14.7. The molecule has 0 aliphatic carbocycles. The Morgan fingerprint density at radius 1 is 1.03 bits per heavy atom. The molecular weight excluding hydrogens is 394 g/mol. The predicted molar refractivity (Wildman–Crippen MR) is 119 cm³/mol. The van der Waals surface area contributed by atoms with Crippen LogP contribution < -0.4 is 0 Å². The number of hydrogen-bond acceptors (Lipinski definition) is 5. The third-order valence-electron chi connectivity index (χ3n) is 5.37. The molecule has 30 heavy (non-hydrogen) atoms. The molecule has 0 unspecified atom stereocenters. The molecule has 0 bridgehead atoms. The summed E-state index contributed by atoms with van der Waals surface area (Å²) in [6.07, 6.45) is 8.16. The highest BCUT2D eigenvalue weighted by Crippen LogP contribution is 2.28. The third-order valence-corrected chi connectivity index (χ3v) is 6.44. The molecular formula is C23H27N5OS. The van der Waals surface area contributed by atoms with Gasteiger partial charge in [-0.1, -0.05) is 54.9 Å². The van der Waals surface area contributed by atoms with Crippen LogP contribution in [0.4, 0.5) is 0 Å². The second-order valence-corrected chi connectivity index (χ2v) is 8.93. The van der Waals surface area contributed by atoms with Crippen LogP contribution in [0.5, 0.6) is 0 Å². The highest BCUT2D eigenvalue weighted by molar-refractivity contribution is 8.00. The van der Waals surface area contributed by atoms with Crippen molar-refractivity contribution in [3.8, 4) is 11.4 Å². The van der Waals surface area contributed by atoms with Crippen molar-refractivity contribution in [1.29, 1.82) is 0 Å². The standard InChI is InChI=1S/C23H27N5OS/c1-18(22(29)27-14-7-2-3-8-15-27)30-23-26-25-21(20-12-9-13-24-16-20)28(23)17-19-10-5-4-6-11-19/h4-6,9-13,16,18H,2-3,7-8,14-15,17H2,1H3/t18-/m0/s1. The van der Waals surface area contributed by atoms with Gasteiger partial charge in [0.2, 0.25) is 5.91 Å². The molecule has 7 heteroatoms. The second-order valence-electron chi connectivity index (χ2n) is 7.62. The van der Waals surface area contributed by atoms with E-state index in [1.165, 1.54) is 24.6 Å². The Morgan fingerprint density at radius 2 is 1.80 bits per heavy atom. The summed E-state index contributed by atoms with van der Waals surface area (Å²) < 4.78 is 2.09. The average Bonchev–Trinajstić information content (AvgIpc) is 2.99. The van der Waals surface area contributed by atoms with Crippen molar-refractivity contribution in [3.63, 3.8) is 0 Å². The van der Waals surface area contributed by atoms with Gasteiger partial charge in [0.05, 0.1) is 11.8 Å². The fourth-order valence-corrected chi connectivity index (χ4v) is 4.68. The summed E-state index contributed by atoms with van der Waals surface area (Å²) in [5, 5.41) is 9.45. The Morgan fingerprint density at radius 3 is 2.50 bits per heavy atom. The lowest BCUT2D eigenvalue weighted by atomic mass is 10.2. The van der Waals surface area contributed by atoms with Gasteiger partial charge in [-0.3, -0.25) is 14.3 Å². The summed E-state index contributed by atoms with van der Waals surface area (Å²) in [7, 11) is 0. The third kappa shape index (κ3) is 4.90. The van der Waals surface area contributed by atoms with Gasteiger partial charge in [0.15, 0.2) is 11.0 Å². The Kier molecular flexibility index (Phi) is 6.79. The molecule has 1 fully saturated rings. The van der Waals surface area contributed by atoms with Crippen molar-refractivity contribution < 1.29 is 4.79 Å². The molecule has 156 valence electrons.